The zero-order chi connectivity index (χ0) is 16.8. The van der Waals surface area contributed by atoms with Crippen LogP contribution in [-0.2, 0) is 10.1 Å². The van der Waals surface area contributed by atoms with Gasteiger partial charge in [-0.15, -0.1) is 0 Å². The number of unbranched alkanes of at least 4 members (excludes halogenated alkanes) is 9. The molecule has 0 aromatic carbocycles. The van der Waals surface area contributed by atoms with Gasteiger partial charge in [-0.05, 0) is 12.8 Å². The monoisotopic (exact) mass is 336 g/mol. The van der Waals surface area contributed by atoms with Gasteiger partial charge in [0.2, 0.25) is 0 Å². The molecule has 0 aliphatic carbocycles. The van der Waals surface area contributed by atoms with E-state index in [0.29, 0.717) is 12.8 Å². The topological polar surface area (TPSA) is 74.6 Å². The Morgan fingerprint density at radius 2 is 1.14 bits per heavy atom. The highest BCUT2D eigenvalue weighted by Gasteiger charge is 2.29. The molecule has 0 aliphatic heterocycles. The van der Waals surface area contributed by atoms with E-state index in [-0.39, 0.29) is 0 Å². The summed E-state index contributed by atoms with van der Waals surface area (Å²) in [7, 11) is -4.16. The van der Waals surface area contributed by atoms with Crippen LogP contribution in [0.2, 0.25) is 0 Å². The molecular weight excluding hydrogens is 300 g/mol. The van der Waals surface area contributed by atoms with Crippen molar-refractivity contribution in [2.24, 2.45) is 0 Å². The van der Waals surface area contributed by atoms with E-state index in [9.17, 15) is 18.1 Å². The van der Waals surface area contributed by atoms with Crippen molar-refractivity contribution in [3.05, 3.63) is 0 Å². The Kier molecular flexibility index (Phi) is 13.2. The maximum Gasteiger partial charge on any atom is 0.270 e. The molecule has 0 radical (unpaired) electrons. The summed E-state index contributed by atoms with van der Waals surface area (Å²) in [6, 6.07) is 0. The predicted molar refractivity (Wildman–Crippen MR) is 92.7 cm³/mol. The first kappa shape index (κ1) is 21.9. The lowest BCUT2D eigenvalue weighted by molar-refractivity contribution is 0.146. The molecule has 0 fully saturated rings. The van der Waals surface area contributed by atoms with Crippen LogP contribution in [0.3, 0.4) is 0 Å². The first-order valence-corrected chi connectivity index (χ1v) is 10.6. The summed E-state index contributed by atoms with van der Waals surface area (Å²) >= 11 is 0. The fourth-order valence-electron chi connectivity index (χ4n) is 2.81. The molecule has 0 aromatic rings. The lowest BCUT2D eigenvalue weighted by Gasteiger charge is -2.20. The molecule has 0 saturated heterocycles. The zero-order valence-corrected chi connectivity index (χ0v) is 15.3. The fraction of sp³-hybridized carbons (Fsp3) is 1.00. The Bertz CT molecular complexity index is 341. The van der Waals surface area contributed by atoms with Gasteiger partial charge in [-0.2, -0.15) is 8.42 Å². The first-order valence-electron chi connectivity index (χ1n) is 9.07. The summed E-state index contributed by atoms with van der Waals surface area (Å²) in [6.45, 7) is 4.26. The minimum absolute atomic E-state index is 0.362. The summed E-state index contributed by atoms with van der Waals surface area (Å²) in [6.07, 6.45) is 11.8. The van der Waals surface area contributed by atoms with E-state index in [4.69, 9.17) is 0 Å². The van der Waals surface area contributed by atoms with E-state index >= 15 is 0 Å². The van der Waals surface area contributed by atoms with Gasteiger partial charge in [0, 0.05) is 0 Å². The number of hydrogen-bond acceptors (Lipinski definition) is 3. The van der Waals surface area contributed by atoms with E-state index in [2.05, 4.69) is 13.8 Å². The van der Waals surface area contributed by atoms with Crippen LogP contribution in [0.15, 0.2) is 0 Å². The SMILES string of the molecule is CCCCCCCCCCC(C(O)CCCCC)S(=O)(=O)O. The van der Waals surface area contributed by atoms with Crippen LogP contribution >= 0.6 is 0 Å². The molecule has 2 atom stereocenters. The Hall–Kier alpha value is -0.130. The molecule has 5 heteroatoms. The Balaban J connectivity index is 3.96. The maximum atomic E-state index is 11.4. The average molecular weight is 337 g/mol. The van der Waals surface area contributed by atoms with Gasteiger partial charge in [0.15, 0.2) is 0 Å². The lowest BCUT2D eigenvalue weighted by atomic mass is 10.0. The van der Waals surface area contributed by atoms with Gasteiger partial charge in [0.05, 0.1) is 6.10 Å². The molecule has 0 amide bonds. The highest BCUT2D eigenvalue weighted by Crippen LogP contribution is 2.19. The molecule has 0 rings (SSSR count). The quantitative estimate of drug-likeness (QED) is 0.335. The minimum atomic E-state index is -4.16. The number of aliphatic hydroxyl groups is 1. The molecule has 0 spiro atoms. The fourth-order valence-corrected chi connectivity index (χ4v) is 3.81. The molecular formula is C17H36O4S. The summed E-state index contributed by atoms with van der Waals surface area (Å²) in [5, 5.41) is 9.02. The first-order chi connectivity index (χ1) is 10.4. The largest absolute Gasteiger partial charge is 0.392 e. The molecule has 0 bridgehead atoms. The second-order valence-electron chi connectivity index (χ2n) is 6.38. The van der Waals surface area contributed by atoms with E-state index in [1.165, 1.54) is 32.1 Å². The van der Waals surface area contributed by atoms with Gasteiger partial charge in [-0.3, -0.25) is 4.55 Å². The van der Waals surface area contributed by atoms with Crippen LogP contribution in [0.25, 0.3) is 0 Å². The summed E-state index contributed by atoms with van der Waals surface area (Å²) in [5.41, 5.74) is 0. The van der Waals surface area contributed by atoms with Crippen molar-refractivity contribution in [1.82, 2.24) is 0 Å². The highest BCUT2D eigenvalue weighted by molar-refractivity contribution is 7.86. The molecule has 2 N–H and O–H groups in total. The second kappa shape index (κ2) is 13.3. The third-order valence-corrected chi connectivity index (χ3v) is 5.57. The summed E-state index contributed by atoms with van der Waals surface area (Å²) in [5.74, 6) is 0. The van der Waals surface area contributed by atoms with Gasteiger partial charge >= 0.3 is 0 Å². The van der Waals surface area contributed by atoms with Crippen molar-refractivity contribution in [2.45, 2.75) is 109 Å². The van der Waals surface area contributed by atoms with E-state index in [1.54, 1.807) is 0 Å². The van der Waals surface area contributed by atoms with Crippen LogP contribution in [0, 0.1) is 0 Å². The van der Waals surface area contributed by atoms with Gasteiger partial charge in [-0.1, -0.05) is 84.5 Å². The molecule has 0 saturated carbocycles. The third-order valence-electron chi connectivity index (χ3n) is 4.26. The van der Waals surface area contributed by atoms with Gasteiger partial charge in [0.1, 0.15) is 5.25 Å². The minimum Gasteiger partial charge on any atom is -0.392 e. The molecule has 22 heavy (non-hydrogen) atoms. The molecule has 0 heterocycles. The van der Waals surface area contributed by atoms with Crippen molar-refractivity contribution in [2.75, 3.05) is 0 Å². The molecule has 0 aliphatic rings. The van der Waals surface area contributed by atoms with Crippen LogP contribution in [0.4, 0.5) is 0 Å². The van der Waals surface area contributed by atoms with E-state index < -0.39 is 21.5 Å². The Labute approximate surface area is 137 Å². The van der Waals surface area contributed by atoms with Crippen molar-refractivity contribution < 1.29 is 18.1 Å². The Morgan fingerprint density at radius 3 is 1.64 bits per heavy atom. The average Bonchev–Trinajstić information content (AvgIpc) is 2.44. The number of rotatable bonds is 15. The third kappa shape index (κ3) is 11.4. The van der Waals surface area contributed by atoms with Crippen LogP contribution in [0.1, 0.15) is 97.3 Å². The normalized spacial score (nSPS) is 14.9. The van der Waals surface area contributed by atoms with Crippen LogP contribution in [-0.4, -0.2) is 29.4 Å². The molecule has 2 unspecified atom stereocenters. The molecule has 4 nitrogen and oxygen atoms in total. The predicted octanol–water partition coefficient (Wildman–Crippen LogP) is 4.71. The van der Waals surface area contributed by atoms with Crippen LogP contribution in [0.5, 0.6) is 0 Å². The van der Waals surface area contributed by atoms with Gasteiger partial charge < -0.3 is 5.11 Å². The number of aliphatic hydroxyl groups excluding tert-OH is 1. The van der Waals surface area contributed by atoms with Crippen molar-refractivity contribution in [1.29, 1.82) is 0 Å². The molecule has 0 aromatic heterocycles. The van der Waals surface area contributed by atoms with Crippen molar-refractivity contribution in [3.63, 3.8) is 0 Å². The lowest BCUT2D eigenvalue weighted by Crippen LogP contribution is -2.33. The van der Waals surface area contributed by atoms with Crippen molar-refractivity contribution >= 4 is 10.1 Å². The van der Waals surface area contributed by atoms with Gasteiger partial charge in [0.25, 0.3) is 10.1 Å². The second-order valence-corrected chi connectivity index (χ2v) is 8.02. The summed E-state index contributed by atoms with van der Waals surface area (Å²) < 4.78 is 32.2. The van der Waals surface area contributed by atoms with Crippen molar-refractivity contribution in [3.8, 4) is 0 Å². The highest BCUT2D eigenvalue weighted by atomic mass is 32.2. The van der Waals surface area contributed by atoms with E-state index in [1.807, 2.05) is 0 Å². The smallest absolute Gasteiger partial charge is 0.270 e. The Morgan fingerprint density at radius 1 is 0.727 bits per heavy atom. The standard InChI is InChI=1S/C17H36O4S/c1-3-5-7-8-9-10-11-13-15-17(22(19,20)21)16(18)14-12-6-4-2/h16-18H,3-15H2,1-2H3,(H,19,20,21). The van der Waals surface area contributed by atoms with E-state index in [0.717, 1.165) is 38.5 Å². The van der Waals surface area contributed by atoms with Crippen LogP contribution < -0.4 is 0 Å². The molecule has 134 valence electrons. The summed E-state index contributed by atoms with van der Waals surface area (Å²) in [4.78, 5) is 0. The zero-order valence-electron chi connectivity index (χ0n) is 14.5. The maximum absolute atomic E-state index is 11.4. The number of hydrogen-bond donors (Lipinski definition) is 2. The van der Waals surface area contributed by atoms with Gasteiger partial charge in [-0.25, -0.2) is 0 Å².